The second-order valence-electron chi connectivity index (χ2n) is 5.60. The lowest BCUT2D eigenvalue weighted by Gasteiger charge is -2.45. The Kier molecular flexibility index (Phi) is 5.44. The van der Waals surface area contributed by atoms with Gasteiger partial charge in [0, 0.05) is 23.9 Å². The number of carbonyl (C=O) groups is 2. The summed E-state index contributed by atoms with van der Waals surface area (Å²) in [5, 5.41) is 2.39. The average molecular weight is 284 g/mol. The zero-order valence-electron chi connectivity index (χ0n) is 10.5. The Morgan fingerprint density at radius 2 is 1.59 bits per heavy atom. The topological polar surface area (TPSA) is 55.4 Å². The molecule has 6 heteroatoms. The van der Waals surface area contributed by atoms with Crippen LogP contribution < -0.4 is 5.32 Å². The zero-order chi connectivity index (χ0) is 12.6. The van der Waals surface area contributed by atoms with Crippen molar-refractivity contribution in [3.8, 4) is 0 Å². The van der Waals surface area contributed by atoms with Crippen molar-refractivity contribution in [3.05, 3.63) is 0 Å². The summed E-state index contributed by atoms with van der Waals surface area (Å²) in [6, 6.07) is 0. The first-order valence-corrected chi connectivity index (χ1v) is 5.69. The molecule has 0 aromatic rings. The highest BCUT2D eigenvalue weighted by Gasteiger charge is 2.39. The van der Waals surface area contributed by atoms with E-state index in [1.165, 1.54) is 0 Å². The van der Waals surface area contributed by atoms with Crippen LogP contribution in [-0.2, 0) is 14.3 Å². The molecule has 1 N–H and O–H groups in total. The van der Waals surface area contributed by atoms with Gasteiger partial charge in [0.05, 0.1) is 0 Å². The minimum absolute atomic E-state index is 0. The van der Waals surface area contributed by atoms with E-state index in [2.05, 4.69) is 5.32 Å². The van der Waals surface area contributed by atoms with Gasteiger partial charge in [-0.3, -0.25) is 4.79 Å². The maximum Gasteiger partial charge on any atom is 0.391 e. The molecule has 0 saturated carbocycles. The van der Waals surface area contributed by atoms with Gasteiger partial charge in [0.15, 0.2) is 0 Å². The first kappa shape index (κ1) is 16.7. The molecule has 4 nitrogen and oxygen atoms in total. The molecule has 0 amide bonds. The van der Waals surface area contributed by atoms with E-state index in [1.54, 1.807) is 0 Å². The number of carbonyl (C=O) groups excluding carboxylic acids is 2. The predicted molar refractivity (Wildman–Crippen MR) is 68.5 cm³/mol. The fraction of sp³-hybridized carbons (Fsp3) is 0.818. The van der Waals surface area contributed by atoms with Crippen LogP contribution in [0.2, 0.25) is 0 Å². The number of nitrogens with one attached hydrogen (secondary N) is 1. The fourth-order valence-corrected chi connectivity index (χ4v) is 2.55. The van der Waals surface area contributed by atoms with Crippen LogP contribution in [0.15, 0.2) is 0 Å². The largest absolute Gasteiger partial charge is 0.456 e. The molecule has 0 bridgehead atoms. The van der Waals surface area contributed by atoms with Crippen molar-refractivity contribution >= 4 is 35.2 Å². The summed E-state index contributed by atoms with van der Waals surface area (Å²) in [4.78, 5) is 21.7. The van der Waals surface area contributed by atoms with Crippen LogP contribution in [0.4, 0.5) is 0 Å². The Hall–Kier alpha value is -0.320. The summed E-state index contributed by atoms with van der Waals surface area (Å²) >= 11 is 5.06. The van der Waals surface area contributed by atoms with Gasteiger partial charge in [-0.2, -0.15) is 0 Å². The zero-order valence-corrected chi connectivity index (χ0v) is 12.1. The van der Waals surface area contributed by atoms with E-state index in [0.717, 1.165) is 0 Å². The standard InChI is InChI=1S/C11H18ClNO3.ClH/c1-10(2)5-7(6-11(3,4)13-10)16-9(15)8(12)14;/h7,13H,5-6H2,1-4H3;1H. The third-order valence-corrected chi connectivity index (χ3v) is 2.74. The smallest absolute Gasteiger partial charge is 0.391 e. The van der Waals surface area contributed by atoms with Crippen molar-refractivity contribution in [3.63, 3.8) is 0 Å². The molecule has 0 aliphatic carbocycles. The number of hydrogen-bond acceptors (Lipinski definition) is 4. The molecule has 1 fully saturated rings. The normalized spacial score (nSPS) is 22.4. The second kappa shape index (κ2) is 5.55. The lowest BCUT2D eigenvalue weighted by molar-refractivity contribution is -0.158. The quantitative estimate of drug-likeness (QED) is 0.479. The van der Waals surface area contributed by atoms with Crippen LogP contribution in [0.3, 0.4) is 0 Å². The van der Waals surface area contributed by atoms with Gasteiger partial charge >= 0.3 is 11.2 Å². The highest BCUT2D eigenvalue weighted by atomic mass is 35.5. The molecule has 1 rings (SSSR count). The van der Waals surface area contributed by atoms with Gasteiger partial charge in [-0.15, -0.1) is 12.4 Å². The lowest BCUT2D eigenvalue weighted by atomic mass is 9.81. The third kappa shape index (κ3) is 5.23. The van der Waals surface area contributed by atoms with E-state index in [0.29, 0.717) is 12.8 Å². The van der Waals surface area contributed by atoms with Crippen LogP contribution >= 0.6 is 24.0 Å². The van der Waals surface area contributed by atoms with Crippen molar-refractivity contribution in [2.24, 2.45) is 0 Å². The van der Waals surface area contributed by atoms with Crippen molar-refractivity contribution < 1.29 is 14.3 Å². The minimum Gasteiger partial charge on any atom is -0.456 e. The molecule has 0 unspecified atom stereocenters. The fourth-order valence-electron chi connectivity index (χ4n) is 2.51. The van der Waals surface area contributed by atoms with Crippen molar-refractivity contribution in [2.75, 3.05) is 0 Å². The van der Waals surface area contributed by atoms with Crippen molar-refractivity contribution in [1.29, 1.82) is 0 Å². The average Bonchev–Trinajstić information content (AvgIpc) is 1.96. The summed E-state index contributed by atoms with van der Waals surface area (Å²) in [5.41, 5.74) is -0.246. The maximum atomic E-state index is 11.1. The van der Waals surface area contributed by atoms with E-state index in [9.17, 15) is 9.59 Å². The molecule has 0 spiro atoms. The predicted octanol–water partition coefficient (Wildman–Crippen LogP) is 2.03. The monoisotopic (exact) mass is 283 g/mol. The van der Waals surface area contributed by atoms with Gasteiger partial charge in [-0.05, 0) is 39.3 Å². The molecular formula is C11H19Cl2NO3. The van der Waals surface area contributed by atoms with Crippen LogP contribution in [0, 0.1) is 0 Å². The maximum absolute atomic E-state index is 11.1. The summed E-state index contributed by atoms with van der Waals surface area (Å²) in [6.45, 7) is 8.16. The molecule has 1 saturated heterocycles. The van der Waals surface area contributed by atoms with Gasteiger partial charge in [-0.1, -0.05) is 0 Å². The molecule has 0 radical (unpaired) electrons. The number of ether oxygens (including phenoxy) is 1. The molecule has 100 valence electrons. The lowest BCUT2D eigenvalue weighted by Crippen LogP contribution is -2.59. The summed E-state index contributed by atoms with van der Waals surface area (Å²) in [7, 11) is 0. The van der Waals surface area contributed by atoms with Gasteiger partial charge in [0.2, 0.25) is 0 Å². The number of hydrogen-bond donors (Lipinski definition) is 1. The van der Waals surface area contributed by atoms with E-state index < -0.39 is 11.2 Å². The molecule has 0 aromatic heterocycles. The third-order valence-electron chi connectivity index (χ3n) is 2.59. The Bertz CT molecular complexity index is 300. The van der Waals surface area contributed by atoms with Crippen LogP contribution in [0.5, 0.6) is 0 Å². The molecular weight excluding hydrogens is 265 g/mol. The SMILES string of the molecule is CC1(C)CC(OC(=O)C(=O)Cl)CC(C)(C)N1.Cl. The van der Waals surface area contributed by atoms with Crippen molar-refractivity contribution in [1.82, 2.24) is 5.32 Å². The summed E-state index contributed by atoms with van der Waals surface area (Å²) in [6.07, 6.45) is 1.08. The Morgan fingerprint density at radius 1 is 1.18 bits per heavy atom. The van der Waals surface area contributed by atoms with Crippen LogP contribution in [0.1, 0.15) is 40.5 Å². The summed E-state index contributed by atoms with van der Waals surface area (Å²) < 4.78 is 5.06. The molecule has 1 aliphatic rings. The van der Waals surface area contributed by atoms with Crippen LogP contribution in [0.25, 0.3) is 0 Å². The Labute approximate surface area is 113 Å². The van der Waals surface area contributed by atoms with E-state index in [4.69, 9.17) is 16.3 Å². The Morgan fingerprint density at radius 3 is 1.94 bits per heavy atom. The molecule has 1 aliphatic heterocycles. The van der Waals surface area contributed by atoms with E-state index >= 15 is 0 Å². The number of esters is 1. The van der Waals surface area contributed by atoms with E-state index in [-0.39, 0.29) is 29.6 Å². The second-order valence-corrected chi connectivity index (χ2v) is 5.95. The molecule has 1 heterocycles. The molecule has 17 heavy (non-hydrogen) atoms. The van der Waals surface area contributed by atoms with Gasteiger partial charge < -0.3 is 10.1 Å². The highest BCUT2D eigenvalue weighted by molar-refractivity contribution is 6.80. The van der Waals surface area contributed by atoms with Crippen molar-refractivity contribution in [2.45, 2.75) is 57.7 Å². The first-order chi connectivity index (χ1) is 7.11. The highest BCUT2D eigenvalue weighted by Crippen LogP contribution is 2.30. The molecule has 0 aromatic carbocycles. The minimum atomic E-state index is -1.06. The summed E-state index contributed by atoms with van der Waals surface area (Å²) in [5.74, 6) is -0.958. The number of piperidine rings is 1. The first-order valence-electron chi connectivity index (χ1n) is 5.31. The number of halogens is 2. The molecule has 0 atom stereocenters. The van der Waals surface area contributed by atoms with Crippen LogP contribution in [-0.4, -0.2) is 28.4 Å². The Balaban J connectivity index is 0.00000256. The van der Waals surface area contributed by atoms with Gasteiger partial charge in [0.25, 0.3) is 0 Å². The van der Waals surface area contributed by atoms with Gasteiger partial charge in [0.1, 0.15) is 6.10 Å². The van der Waals surface area contributed by atoms with Gasteiger partial charge in [-0.25, -0.2) is 4.79 Å². The number of rotatable bonds is 2. The van der Waals surface area contributed by atoms with E-state index in [1.807, 2.05) is 27.7 Å².